The molecule has 0 bridgehead atoms. The Morgan fingerprint density at radius 2 is 1.76 bits per heavy atom. The standard InChI is InChI=1S/C17H21N3O/c1-20(13-14-7-3-2-4-8-14)12-11-17(21)19-16-10-6-5-9-15(16)18/h2-10H,11-13,18H2,1H3,(H,19,21). The molecule has 2 aromatic carbocycles. The largest absolute Gasteiger partial charge is 0.397 e. The van der Waals surface area contributed by atoms with Crippen molar-refractivity contribution in [2.24, 2.45) is 0 Å². The Kier molecular flexibility index (Phi) is 5.35. The van der Waals surface area contributed by atoms with Crippen LogP contribution < -0.4 is 11.1 Å². The Balaban J connectivity index is 1.77. The summed E-state index contributed by atoms with van der Waals surface area (Å²) >= 11 is 0. The number of nitrogens with one attached hydrogen (secondary N) is 1. The van der Waals surface area contributed by atoms with E-state index < -0.39 is 0 Å². The predicted octanol–water partition coefficient (Wildman–Crippen LogP) is 2.73. The van der Waals surface area contributed by atoms with Gasteiger partial charge in [0.05, 0.1) is 11.4 Å². The molecule has 21 heavy (non-hydrogen) atoms. The zero-order valence-corrected chi connectivity index (χ0v) is 12.3. The van der Waals surface area contributed by atoms with Gasteiger partial charge in [0.15, 0.2) is 0 Å². The summed E-state index contributed by atoms with van der Waals surface area (Å²) in [5.41, 5.74) is 8.31. The van der Waals surface area contributed by atoms with Gasteiger partial charge in [-0.2, -0.15) is 0 Å². The van der Waals surface area contributed by atoms with Crippen LogP contribution in [-0.4, -0.2) is 24.4 Å². The number of carbonyl (C=O) groups is 1. The molecule has 110 valence electrons. The zero-order chi connectivity index (χ0) is 15.1. The van der Waals surface area contributed by atoms with Crippen molar-refractivity contribution >= 4 is 17.3 Å². The van der Waals surface area contributed by atoms with Gasteiger partial charge in [0.25, 0.3) is 0 Å². The number of rotatable bonds is 6. The molecule has 0 spiro atoms. The summed E-state index contributed by atoms with van der Waals surface area (Å²) < 4.78 is 0. The number of hydrogen-bond donors (Lipinski definition) is 2. The third-order valence-electron chi connectivity index (χ3n) is 3.25. The topological polar surface area (TPSA) is 58.4 Å². The van der Waals surface area contributed by atoms with E-state index in [1.807, 2.05) is 37.4 Å². The highest BCUT2D eigenvalue weighted by Crippen LogP contribution is 2.16. The number of nitrogens with zero attached hydrogens (tertiary/aromatic N) is 1. The minimum absolute atomic E-state index is 0.0205. The molecular formula is C17H21N3O. The highest BCUT2D eigenvalue weighted by molar-refractivity contribution is 5.93. The molecule has 0 heterocycles. The van der Waals surface area contributed by atoms with Crippen LogP contribution in [0, 0.1) is 0 Å². The van der Waals surface area contributed by atoms with E-state index in [-0.39, 0.29) is 5.91 Å². The van der Waals surface area contributed by atoms with Gasteiger partial charge >= 0.3 is 0 Å². The molecule has 0 saturated heterocycles. The molecule has 4 nitrogen and oxygen atoms in total. The van der Waals surface area contributed by atoms with Crippen molar-refractivity contribution in [1.29, 1.82) is 0 Å². The van der Waals surface area contributed by atoms with E-state index >= 15 is 0 Å². The van der Waals surface area contributed by atoms with E-state index in [0.29, 0.717) is 24.3 Å². The lowest BCUT2D eigenvalue weighted by Crippen LogP contribution is -2.24. The molecule has 0 saturated carbocycles. The number of nitrogen functional groups attached to an aromatic ring is 1. The molecule has 0 aliphatic heterocycles. The second-order valence-corrected chi connectivity index (χ2v) is 5.11. The number of carbonyl (C=O) groups excluding carboxylic acids is 1. The summed E-state index contributed by atoms with van der Waals surface area (Å²) in [6.07, 6.45) is 0.442. The van der Waals surface area contributed by atoms with Crippen molar-refractivity contribution in [1.82, 2.24) is 4.90 Å². The SMILES string of the molecule is CN(CCC(=O)Nc1ccccc1N)Cc1ccccc1. The van der Waals surface area contributed by atoms with Crippen molar-refractivity contribution in [2.75, 3.05) is 24.6 Å². The maximum atomic E-state index is 11.9. The van der Waals surface area contributed by atoms with E-state index in [1.54, 1.807) is 12.1 Å². The Hall–Kier alpha value is -2.33. The molecule has 3 N–H and O–H groups in total. The summed E-state index contributed by atoms with van der Waals surface area (Å²) in [4.78, 5) is 14.1. The van der Waals surface area contributed by atoms with Crippen LogP contribution in [0.25, 0.3) is 0 Å². The summed E-state index contributed by atoms with van der Waals surface area (Å²) in [5.74, 6) is -0.0205. The van der Waals surface area contributed by atoms with Crippen molar-refractivity contribution in [3.8, 4) is 0 Å². The quantitative estimate of drug-likeness (QED) is 0.801. The Labute approximate surface area is 125 Å². The molecule has 0 aromatic heterocycles. The number of benzene rings is 2. The first-order chi connectivity index (χ1) is 10.1. The summed E-state index contributed by atoms with van der Waals surface area (Å²) in [7, 11) is 2.01. The van der Waals surface area contributed by atoms with Crippen molar-refractivity contribution in [3.63, 3.8) is 0 Å². The molecule has 4 heteroatoms. The van der Waals surface area contributed by atoms with Crippen molar-refractivity contribution in [3.05, 3.63) is 60.2 Å². The molecule has 0 fully saturated rings. The van der Waals surface area contributed by atoms with Gasteiger partial charge in [-0.3, -0.25) is 4.79 Å². The molecule has 0 radical (unpaired) electrons. The number of amides is 1. The first kappa shape index (κ1) is 15.1. The fraction of sp³-hybridized carbons (Fsp3) is 0.235. The van der Waals surface area contributed by atoms with Gasteiger partial charge in [0, 0.05) is 19.5 Å². The van der Waals surface area contributed by atoms with Crippen molar-refractivity contribution in [2.45, 2.75) is 13.0 Å². The van der Waals surface area contributed by atoms with E-state index in [2.05, 4.69) is 22.3 Å². The summed E-state index contributed by atoms with van der Waals surface area (Å²) in [6, 6.07) is 17.5. The Bertz CT molecular complexity index is 584. The van der Waals surface area contributed by atoms with Crippen LogP contribution in [0.15, 0.2) is 54.6 Å². The number of anilines is 2. The van der Waals surface area contributed by atoms with Crippen LogP contribution in [0.1, 0.15) is 12.0 Å². The maximum Gasteiger partial charge on any atom is 0.225 e. The molecule has 0 atom stereocenters. The predicted molar refractivity (Wildman–Crippen MR) is 86.9 cm³/mol. The van der Waals surface area contributed by atoms with Crippen LogP contribution in [-0.2, 0) is 11.3 Å². The van der Waals surface area contributed by atoms with Gasteiger partial charge in [-0.05, 0) is 24.7 Å². The lowest BCUT2D eigenvalue weighted by Gasteiger charge is -2.16. The summed E-state index contributed by atoms with van der Waals surface area (Å²) in [6.45, 7) is 1.54. The summed E-state index contributed by atoms with van der Waals surface area (Å²) in [5, 5.41) is 2.84. The van der Waals surface area contributed by atoms with E-state index in [1.165, 1.54) is 5.56 Å². The monoisotopic (exact) mass is 283 g/mol. The van der Waals surface area contributed by atoms with E-state index in [0.717, 1.165) is 6.54 Å². The van der Waals surface area contributed by atoms with Gasteiger partial charge in [-0.25, -0.2) is 0 Å². The van der Waals surface area contributed by atoms with Crippen LogP contribution in [0.2, 0.25) is 0 Å². The van der Waals surface area contributed by atoms with Crippen molar-refractivity contribution < 1.29 is 4.79 Å². The molecule has 2 rings (SSSR count). The molecule has 0 unspecified atom stereocenters. The second-order valence-electron chi connectivity index (χ2n) is 5.11. The average molecular weight is 283 g/mol. The van der Waals surface area contributed by atoms with E-state index in [4.69, 9.17) is 5.73 Å². The third kappa shape index (κ3) is 4.93. The highest BCUT2D eigenvalue weighted by atomic mass is 16.1. The lowest BCUT2D eigenvalue weighted by molar-refractivity contribution is -0.116. The zero-order valence-electron chi connectivity index (χ0n) is 12.3. The number of hydrogen-bond acceptors (Lipinski definition) is 3. The minimum atomic E-state index is -0.0205. The molecule has 2 aromatic rings. The average Bonchev–Trinajstić information content (AvgIpc) is 2.49. The number of nitrogens with two attached hydrogens (primary N) is 1. The molecule has 1 amide bonds. The van der Waals surface area contributed by atoms with E-state index in [9.17, 15) is 4.79 Å². The lowest BCUT2D eigenvalue weighted by atomic mass is 10.2. The van der Waals surface area contributed by atoms with Gasteiger partial charge < -0.3 is 16.0 Å². The van der Waals surface area contributed by atoms with Crippen LogP contribution in [0.5, 0.6) is 0 Å². The van der Waals surface area contributed by atoms with Gasteiger partial charge in [-0.1, -0.05) is 42.5 Å². The molecule has 0 aliphatic rings. The molecular weight excluding hydrogens is 262 g/mol. The maximum absolute atomic E-state index is 11.9. The first-order valence-electron chi connectivity index (χ1n) is 7.02. The Morgan fingerprint density at radius 1 is 1.10 bits per heavy atom. The van der Waals surface area contributed by atoms with Crippen LogP contribution in [0.3, 0.4) is 0 Å². The minimum Gasteiger partial charge on any atom is -0.397 e. The highest BCUT2D eigenvalue weighted by Gasteiger charge is 2.07. The fourth-order valence-electron chi connectivity index (χ4n) is 2.09. The fourth-order valence-corrected chi connectivity index (χ4v) is 2.09. The second kappa shape index (κ2) is 7.45. The number of para-hydroxylation sites is 2. The third-order valence-corrected chi connectivity index (χ3v) is 3.25. The van der Waals surface area contributed by atoms with Gasteiger partial charge in [0.2, 0.25) is 5.91 Å². The van der Waals surface area contributed by atoms with Gasteiger partial charge in [-0.15, -0.1) is 0 Å². The van der Waals surface area contributed by atoms with Crippen LogP contribution >= 0.6 is 0 Å². The van der Waals surface area contributed by atoms with Crippen LogP contribution in [0.4, 0.5) is 11.4 Å². The smallest absolute Gasteiger partial charge is 0.225 e. The Morgan fingerprint density at radius 3 is 2.48 bits per heavy atom. The molecule has 0 aliphatic carbocycles. The van der Waals surface area contributed by atoms with Gasteiger partial charge in [0.1, 0.15) is 0 Å². The normalized spacial score (nSPS) is 10.6. The first-order valence-corrected chi connectivity index (χ1v) is 7.02.